The van der Waals surface area contributed by atoms with Gasteiger partial charge in [-0.15, -0.1) is 6.58 Å². The molecule has 3 heteroatoms. The van der Waals surface area contributed by atoms with Gasteiger partial charge in [-0.3, -0.25) is 4.90 Å². The fraction of sp³-hybridized carbons (Fsp3) is 0.429. The summed E-state index contributed by atoms with van der Waals surface area (Å²) in [5, 5.41) is 0. The Morgan fingerprint density at radius 3 is 2.88 bits per heavy atom. The van der Waals surface area contributed by atoms with Crippen LogP contribution in [0.5, 0.6) is 11.5 Å². The number of nitrogens with zero attached hydrogens (tertiary/aromatic N) is 1. The molecule has 1 aliphatic rings. The van der Waals surface area contributed by atoms with Gasteiger partial charge in [0.15, 0.2) is 11.5 Å². The first-order valence-electron chi connectivity index (χ1n) is 6.05. The van der Waals surface area contributed by atoms with Crippen LogP contribution in [0, 0.1) is 0 Å². The molecule has 2 rings (SSSR count). The summed E-state index contributed by atoms with van der Waals surface area (Å²) in [4.78, 5) is 2.29. The van der Waals surface area contributed by atoms with Crippen LogP contribution < -0.4 is 9.47 Å². The van der Waals surface area contributed by atoms with Gasteiger partial charge in [-0.1, -0.05) is 25.1 Å². The summed E-state index contributed by atoms with van der Waals surface area (Å²) in [6.07, 6.45) is 2.02. The Labute approximate surface area is 103 Å². The van der Waals surface area contributed by atoms with Gasteiger partial charge in [0.05, 0.1) is 0 Å². The van der Waals surface area contributed by atoms with E-state index in [1.54, 1.807) is 0 Å². The zero-order valence-corrected chi connectivity index (χ0v) is 10.3. The highest BCUT2D eigenvalue weighted by molar-refractivity contribution is 5.40. The molecule has 1 aromatic carbocycles. The quantitative estimate of drug-likeness (QED) is 0.729. The first-order chi connectivity index (χ1) is 8.33. The zero-order valence-electron chi connectivity index (χ0n) is 10.3. The van der Waals surface area contributed by atoms with Crippen molar-refractivity contribution in [1.29, 1.82) is 0 Å². The third-order valence-electron chi connectivity index (χ3n) is 2.86. The standard InChI is InChI=1S/C14H19NO2/c1-3-9-15(4-2)10-12-11-16-13-7-5-6-8-14(13)17-12/h3,5-8,12H,1,4,9-11H2,2H3. The molecule has 0 aliphatic carbocycles. The summed E-state index contributed by atoms with van der Waals surface area (Å²) >= 11 is 0. The molecule has 1 aromatic rings. The maximum atomic E-state index is 5.91. The van der Waals surface area contributed by atoms with Crippen molar-refractivity contribution in [2.75, 3.05) is 26.2 Å². The van der Waals surface area contributed by atoms with Crippen molar-refractivity contribution in [3.63, 3.8) is 0 Å². The van der Waals surface area contributed by atoms with Gasteiger partial charge in [0, 0.05) is 13.1 Å². The lowest BCUT2D eigenvalue weighted by atomic mass is 10.2. The van der Waals surface area contributed by atoms with Crippen LogP contribution in [0.4, 0.5) is 0 Å². The Balaban J connectivity index is 1.95. The van der Waals surface area contributed by atoms with Crippen molar-refractivity contribution in [2.24, 2.45) is 0 Å². The molecule has 92 valence electrons. The Hall–Kier alpha value is -1.48. The van der Waals surface area contributed by atoms with E-state index >= 15 is 0 Å². The third kappa shape index (κ3) is 3.01. The molecule has 0 fully saturated rings. The minimum absolute atomic E-state index is 0.102. The van der Waals surface area contributed by atoms with E-state index in [9.17, 15) is 0 Å². The predicted molar refractivity (Wildman–Crippen MR) is 68.7 cm³/mol. The van der Waals surface area contributed by atoms with Crippen molar-refractivity contribution in [1.82, 2.24) is 4.90 Å². The SMILES string of the molecule is C=CCN(CC)CC1COc2ccccc2O1. The normalized spacial score (nSPS) is 18.1. The highest BCUT2D eigenvalue weighted by Gasteiger charge is 2.21. The molecule has 0 radical (unpaired) electrons. The molecule has 0 bridgehead atoms. The summed E-state index contributed by atoms with van der Waals surface area (Å²) in [7, 11) is 0. The first-order valence-corrected chi connectivity index (χ1v) is 6.05. The van der Waals surface area contributed by atoms with E-state index in [0.717, 1.165) is 31.1 Å². The van der Waals surface area contributed by atoms with Gasteiger partial charge in [0.2, 0.25) is 0 Å². The van der Waals surface area contributed by atoms with Crippen LogP contribution in [-0.2, 0) is 0 Å². The van der Waals surface area contributed by atoms with Crippen LogP contribution >= 0.6 is 0 Å². The van der Waals surface area contributed by atoms with Crippen molar-refractivity contribution in [2.45, 2.75) is 13.0 Å². The minimum Gasteiger partial charge on any atom is -0.486 e. The van der Waals surface area contributed by atoms with E-state index in [1.807, 2.05) is 30.3 Å². The lowest BCUT2D eigenvalue weighted by molar-refractivity contribution is 0.0632. The van der Waals surface area contributed by atoms with Gasteiger partial charge in [0.1, 0.15) is 12.7 Å². The van der Waals surface area contributed by atoms with Crippen LogP contribution in [-0.4, -0.2) is 37.2 Å². The first kappa shape index (κ1) is 12.0. The Morgan fingerprint density at radius 2 is 2.18 bits per heavy atom. The fourth-order valence-corrected chi connectivity index (χ4v) is 1.96. The van der Waals surface area contributed by atoms with Crippen molar-refractivity contribution in [3.05, 3.63) is 36.9 Å². The number of hydrogen-bond acceptors (Lipinski definition) is 3. The number of para-hydroxylation sites is 2. The summed E-state index contributed by atoms with van der Waals surface area (Å²) in [5.74, 6) is 1.69. The molecule has 0 amide bonds. The fourth-order valence-electron chi connectivity index (χ4n) is 1.96. The van der Waals surface area contributed by atoms with Crippen LogP contribution in [0.15, 0.2) is 36.9 Å². The number of benzene rings is 1. The van der Waals surface area contributed by atoms with Crippen molar-refractivity contribution < 1.29 is 9.47 Å². The predicted octanol–water partition coefficient (Wildman–Crippen LogP) is 2.33. The number of fused-ring (bicyclic) bond motifs is 1. The summed E-state index contributed by atoms with van der Waals surface area (Å²) in [5.41, 5.74) is 0. The second kappa shape index (κ2) is 5.73. The number of hydrogen-bond donors (Lipinski definition) is 0. The smallest absolute Gasteiger partial charge is 0.161 e. The van der Waals surface area contributed by atoms with Crippen LogP contribution in [0.3, 0.4) is 0 Å². The van der Waals surface area contributed by atoms with Gasteiger partial charge >= 0.3 is 0 Å². The molecule has 17 heavy (non-hydrogen) atoms. The average molecular weight is 233 g/mol. The Bertz CT molecular complexity index is 378. The highest BCUT2D eigenvalue weighted by atomic mass is 16.6. The molecular formula is C14H19NO2. The van der Waals surface area contributed by atoms with Crippen molar-refractivity contribution >= 4 is 0 Å². The molecule has 0 saturated heterocycles. The average Bonchev–Trinajstić information content (AvgIpc) is 2.38. The van der Waals surface area contributed by atoms with Crippen LogP contribution in [0.2, 0.25) is 0 Å². The van der Waals surface area contributed by atoms with E-state index in [2.05, 4.69) is 18.4 Å². The van der Waals surface area contributed by atoms with Gasteiger partial charge in [-0.05, 0) is 18.7 Å². The number of likely N-dealkylation sites (N-methyl/N-ethyl adjacent to an activating group) is 1. The van der Waals surface area contributed by atoms with Crippen LogP contribution in [0.25, 0.3) is 0 Å². The Kier molecular flexibility index (Phi) is 4.04. The molecule has 0 aromatic heterocycles. The zero-order chi connectivity index (χ0) is 12.1. The summed E-state index contributed by atoms with van der Waals surface area (Å²) in [6, 6.07) is 7.81. The second-order valence-electron chi connectivity index (χ2n) is 4.14. The highest BCUT2D eigenvalue weighted by Crippen LogP contribution is 2.30. The molecule has 3 nitrogen and oxygen atoms in total. The van der Waals surface area contributed by atoms with Gasteiger partial charge < -0.3 is 9.47 Å². The van der Waals surface area contributed by atoms with Gasteiger partial charge in [0.25, 0.3) is 0 Å². The molecule has 0 spiro atoms. The van der Waals surface area contributed by atoms with E-state index < -0.39 is 0 Å². The third-order valence-corrected chi connectivity index (χ3v) is 2.86. The molecule has 0 saturated carbocycles. The molecule has 1 heterocycles. The van der Waals surface area contributed by atoms with Gasteiger partial charge in [-0.25, -0.2) is 0 Å². The molecule has 1 atom stereocenters. The van der Waals surface area contributed by atoms with Gasteiger partial charge in [-0.2, -0.15) is 0 Å². The summed E-state index contributed by atoms with van der Waals surface area (Å²) in [6.45, 7) is 9.27. The van der Waals surface area contributed by atoms with E-state index in [4.69, 9.17) is 9.47 Å². The largest absolute Gasteiger partial charge is 0.486 e. The van der Waals surface area contributed by atoms with E-state index in [0.29, 0.717) is 6.61 Å². The second-order valence-corrected chi connectivity index (χ2v) is 4.14. The maximum absolute atomic E-state index is 5.91. The van der Waals surface area contributed by atoms with E-state index in [-0.39, 0.29) is 6.10 Å². The Morgan fingerprint density at radius 1 is 1.41 bits per heavy atom. The van der Waals surface area contributed by atoms with E-state index in [1.165, 1.54) is 0 Å². The summed E-state index contributed by atoms with van der Waals surface area (Å²) < 4.78 is 11.6. The number of rotatable bonds is 5. The lowest BCUT2D eigenvalue weighted by Crippen LogP contribution is -2.41. The minimum atomic E-state index is 0.102. The maximum Gasteiger partial charge on any atom is 0.161 e. The molecule has 1 unspecified atom stereocenters. The molecule has 0 N–H and O–H groups in total. The molecular weight excluding hydrogens is 214 g/mol. The van der Waals surface area contributed by atoms with Crippen LogP contribution in [0.1, 0.15) is 6.92 Å². The van der Waals surface area contributed by atoms with Crippen molar-refractivity contribution in [3.8, 4) is 11.5 Å². The topological polar surface area (TPSA) is 21.7 Å². The number of ether oxygens (including phenoxy) is 2. The lowest BCUT2D eigenvalue weighted by Gasteiger charge is -2.30. The monoisotopic (exact) mass is 233 g/mol. The molecule has 1 aliphatic heterocycles.